The number of aryl methyl sites for hydroxylation is 1. The van der Waals surface area contributed by atoms with Crippen molar-refractivity contribution < 1.29 is 28.3 Å². The van der Waals surface area contributed by atoms with Gasteiger partial charge >= 0.3 is 17.6 Å². The highest BCUT2D eigenvalue weighted by Crippen LogP contribution is 2.22. The van der Waals surface area contributed by atoms with Crippen LogP contribution in [0.1, 0.15) is 25.8 Å². The van der Waals surface area contributed by atoms with E-state index >= 15 is 0 Å². The van der Waals surface area contributed by atoms with Gasteiger partial charge in [0.15, 0.2) is 13.2 Å². The molecule has 1 aromatic carbocycles. The Balaban J connectivity index is 1.81. The van der Waals surface area contributed by atoms with Gasteiger partial charge in [0.2, 0.25) is 0 Å². The third-order valence-electron chi connectivity index (χ3n) is 3.89. The summed E-state index contributed by atoms with van der Waals surface area (Å²) < 4.78 is 15.1. The number of esters is 1. The van der Waals surface area contributed by atoms with Crippen LogP contribution in [0.25, 0.3) is 11.0 Å². The SMILES string of the molecule is CC[C@H](C)NC(=O)NC(=O)COC(=O)COc1ccc2c(C)cc(=O)oc2c1. The molecule has 9 nitrogen and oxygen atoms in total. The highest BCUT2D eigenvalue weighted by atomic mass is 16.6. The van der Waals surface area contributed by atoms with Gasteiger partial charge < -0.3 is 19.2 Å². The molecule has 1 atom stereocenters. The van der Waals surface area contributed by atoms with Gasteiger partial charge in [-0.05, 0) is 38.0 Å². The first kappa shape index (κ1) is 20.9. The highest BCUT2D eigenvalue weighted by Gasteiger charge is 2.13. The van der Waals surface area contributed by atoms with Crippen LogP contribution in [0, 0.1) is 6.92 Å². The van der Waals surface area contributed by atoms with E-state index in [1.54, 1.807) is 26.0 Å². The second-order valence-corrected chi connectivity index (χ2v) is 6.19. The molecule has 0 aliphatic rings. The molecule has 1 heterocycles. The van der Waals surface area contributed by atoms with Crippen LogP contribution in [-0.4, -0.2) is 37.2 Å². The zero-order chi connectivity index (χ0) is 20.7. The summed E-state index contributed by atoms with van der Waals surface area (Å²) in [5.74, 6) is -1.24. The molecule has 0 aliphatic heterocycles. The van der Waals surface area contributed by atoms with Gasteiger partial charge in [-0.2, -0.15) is 0 Å². The van der Waals surface area contributed by atoms with Crippen LogP contribution >= 0.6 is 0 Å². The Kier molecular flexibility index (Phi) is 7.14. The van der Waals surface area contributed by atoms with Crippen molar-refractivity contribution in [3.05, 3.63) is 40.2 Å². The minimum Gasteiger partial charge on any atom is -0.482 e. The molecule has 28 heavy (non-hydrogen) atoms. The maximum atomic E-state index is 11.7. The lowest BCUT2D eigenvalue weighted by Crippen LogP contribution is -2.44. The number of nitrogens with one attached hydrogen (secondary N) is 2. The van der Waals surface area contributed by atoms with Crippen molar-refractivity contribution in [3.63, 3.8) is 0 Å². The van der Waals surface area contributed by atoms with Gasteiger partial charge in [-0.3, -0.25) is 10.1 Å². The number of ether oxygens (including phenoxy) is 2. The van der Waals surface area contributed by atoms with Crippen molar-refractivity contribution in [2.24, 2.45) is 0 Å². The number of hydrogen-bond acceptors (Lipinski definition) is 7. The average molecular weight is 390 g/mol. The molecule has 150 valence electrons. The summed E-state index contributed by atoms with van der Waals surface area (Å²) in [6, 6.07) is 5.46. The third kappa shape index (κ3) is 6.11. The van der Waals surface area contributed by atoms with Crippen molar-refractivity contribution in [2.75, 3.05) is 13.2 Å². The second kappa shape index (κ2) is 9.54. The van der Waals surface area contributed by atoms with Crippen LogP contribution in [0.2, 0.25) is 0 Å². The number of hydrogen-bond donors (Lipinski definition) is 2. The summed E-state index contributed by atoms with van der Waals surface area (Å²) in [4.78, 5) is 46.2. The Morgan fingerprint density at radius 3 is 2.64 bits per heavy atom. The van der Waals surface area contributed by atoms with E-state index in [1.807, 2.05) is 6.92 Å². The van der Waals surface area contributed by atoms with Crippen molar-refractivity contribution in [1.82, 2.24) is 10.6 Å². The van der Waals surface area contributed by atoms with Crippen LogP contribution in [-0.2, 0) is 14.3 Å². The fourth-order valence-corrected chi connectivity index (χ4v) is 2.25. The van der Waals surface area contributed by atoms with E-state index < -0.39 is 36.7 Å². The van der Waals surface area contributed by atoms with Gasteiger partial charge in [0.05, 0.1) is 0 Å². The molecule has 0 unspecified atom stereocenters. The summed E-state index contributed by atoms with van der Waals surface area (Å²) in [6.07, 6.45) is 0.714. The molecular formula is C19H22N2O7. The van der Waals surface area contributed by atoms with Gasteiger partial charge in [-0.15, -0.1) is 0 Å². The van der Waals surface area contributed by atoms with Crippen LogP contribution in [0.4, 0.5) is 4.79 Å². The summed E-state index contributed by atoms with van der Waals surface area (Å²) in [5, 5.41) is 5.36. The van der Waals surface area contributed by atoms with Crippen molar-refractivity contribution in [2.45, 2.75) is 33.2 Å². The van der Waals surface area contributed by atoms with E-state index in [4.69, 9.17) is 13.9 Å². The maximum absolute atomic E-state index is 11.7. The summed E-state index contributed by atoms with van der Waals surface area (Å²) >= 11 is 0. The summed E-state index contributed by atoms with van der Waals surface area (Å²) in [7, 11) is 0. The maximum Gasteiger partial charge on any atom is 0.344 e. The Labute approximate surface area is 161 Å². The number of rotatable bonds is 7. The van der Waals surface area contributed by atoms with E-state index in [9.17, 15) is 19.2 Å². The van der Waals surface area contributed by atoms with E-state index in [0.29, 0.717) is 17.8 Å². The monoisotopic (exact) mass is 390 g/mol. The van der Waals surface area contributed by atoms with Gasteiger partial charge in [0, 0.05) is 23.6 Å². The number of benzene rings is 1. The predicted molar refractivity (Wildman–Crippen MR) is 100 cm³/mol. The molecule has 0 radical (unpaired) electrons. The smallest absolute Gasteiger partial charge is 0.344 e. The number of amides is 3. The Hall–Kier alpha value is -3.36. The van der Waals surface area contributed by atoms with Crippen LogP contribution in [0.5, 0.6) is 5.75 Å². The molecular weight excluding hydrogens is 368 g/mol. The first-order valence-corrected chi connectivity index (χ1v) is 8.71. The number of urea groups is 1. The van der Waals surface area contributed by atoms with Gasteiger partial charge in [0.1, 0.15) is 11.3 Å². The standard InChI is InChI=1S/C19H22N2O7/c1-4-12(3)20-19(25)21-16(22)9-27-18(24)10-26-13-5-6-14-11(2)7-17(23)28-15(14)8-13/h5-8,12H,4,9-10H2,1-3H3,(H2,20,21,22,25)/t12-/m0/s1. The number of carbonyl (C=O) groups excluding carboxylic acids is 3. The number of carbonyl (C=O) groups is 3. The first-order chi connectivity index (χ1) is 13.3. The van der Waals surface area contributed by atoms with E-state index in [1.165, 1.54) is 12.1 Å². The van der Waals surface area contributed by atoms with E-state index in [0.717, 1.165) is 10.9 Å². The summed E-state index contributed by atoms with van der Waals surface area (Å²) in [5.41, 5.74) is 0.619. The minimum absolute atomic E-state index is 0.0843. The zero-order valence-corrected chi connectivity index (χ0v) is 15.9. The first-order valence-electron chi connectivity index (χ1n) is 8.71. The largest absolute Gasteiger partial charge is 0.482 e. The lowest BCUT2D eigenvalue weighted by molar-refractivity contribution is -0.150. The van der Waals surface area contributed by atoms with Crippen molar-refractivity contribution in [3.8, 4) is 5.75 Å². The Bertz CT molecular complexity index is 936. The van der Waals surface area contributed by atoms with Crippen LogP contribution < -0.4 is 21.0 Å². The molecule has 2 N–H and O–H groups in total. The zero-order valence-electron chi connectivity index (χ0n) is 15.9. The summed E-state index contributed by atoms with van der Waals surface area (Å²) in [6.45, 7) is 4.40. The molecule has 2 aromatic rings. The van der Waals surface area contributed by atoms with Crippen LogP contribution in [0.15, 0.2) is 33.5 Å². The van der Waals surface area contributed by atoms with E-state index in [-0.39, 0.29) is 6.04 Å². The minimum atomic E-state index is -0.789. The van der Waals surface area contributed by atoms with E-state index in [2.05, 4.69) is 10.6 Å². The van der Waals surface area contributed by atoms with Crippen molar-refractivity contribution >= 4 is 28.9 Å². The third-order valence-corrected chi connectivity index (χ3v) is 3.89. The lowest BCUT2D eigenvalue weighted by Gasteiger charge is -2.12. The molecule has 9 heteroatoms. The second-order valence-electron chi connectivity index (χ2n) is 6.19. The fourth-order valence-electron chi connectivity index (χ4n) is 2.25. The molecule has 0 spiro atoms. The molecule has 0 saturated carbocycles. The topological polar surface area (TPSA) is 124 Å². The van der Waals surface area contributed by atoms with Crippen molar-refractivity contribution in [1.29, 1.82) is 0 Å². The molecule has 0 aliphatic carbocycles. The quantitative estimate of drug-likeness (QED) is 0.544. The highest BCUT2D eigenvalue weighted by molar-refractivity contribution is 5.95. The van der Waals surface area contributed by atoms with Gasteiger partial charge in [0.25, 0.3) is 5.91 Å². The fraction of sp³-hybridized carbons (Fsp3) is 0.368. The molecule has 1 aromatic heterocycles. The lowest BCUT2D eigenvalue weighted by atomic mass is 10.1. The van der Waals surface area contributed by atoms with Gasteiger partial charge in [-0.1, -0.05) is 6.92 Å². The molecule has 0 fully saturated rings. The number of fused-ring (bicyclic) bond motifs is 1. The predicted octanol–water partition coefficient (Wildman–Crippen LogP) is 1.65. The van der Waals surface area contributed by atoms with Crippen LogP contribution in [0.3, 0.4) is 0 Å². The molecule has 0 saturated heterocycles. The van der Waals surface area contributed by atoms with Gasteiger partial charge in [-0.25, -0.2) is 14.4 Å². The molecule has 0 bridgehead atoms. The normalized spacial score (nSPS) is 11.5. The average Bonchev–Trinajstić information content (AvgIpc) is 2.63. The Morgan fingerprint density at radius 1 is 1.18 bits per heavy atom. The molecule has 3 amide bonds. The number of imide groups is 1. The molecule has 2 rings (SSSR count). The Morgan fingerprint density at radius 2 is 1.93 bits per heavy atom.